The van der Waals surface area contributed by atoms with Gasteiger partial charge in [-0.25, -0.2) is 4.79 Å². The fourth-order valence-electron chi connectivity index (χ4n) is 3.55. The number of hydrogen-bond acceptors (Lipinski definition) is 6. The molecule has 1 unspecified atom stereocenters. The number of alkyl carbamates (subject to hydrolysis) is 1. The van der Waals surface area contributed by atoms with Gasteiger partial charge in [0.25, 0.3) is 0 Å². The Hall–Kier alpha value is -3.36. The maximum Gasteiger partial charge on any atom is 0.407 e. The van der Waals surface area contributed by atoms with Crippen molar-refractivity contribution in [1.29, 1.82) is 0 Å². The van der Waals surface area contributed by atoms with E-state index in [1.807, 2.05) is 65.0 Å². The molecule has 2 aromatic carbocycles. The van der Waals surface area contributed by atoms with Crippen LogP contribution in [0.2, 0.25) is 0 Å². The summed E-state index contributed by atoms with van der Waals surface area (Å²) in [6.45, 7) is 10.2. The van der Waals surface area contributed by atoms with Crippen LogP contribution in [-0.2, 0) is 11.3 Å². The van der Waals surface area contributed by atoms with Crippen molar-refractivity contribution in [2.24, 2.45) is 0 Å². The number of aromatic amines is 1. The summed E-state index contributed by atoms with van der Waals surface area (Å²) in [4.78, 5) is 26.8. The first-order valence-electron chi connectivity index (χ1n) is 11.7. The van der Waals surface area contributed by atoms with Crippen molar-refractivity contribution in [3.05, 3.63) is 76.1 Å². The summed E-state index contributed by atoms with van der Waals surface area (Å²) < 4.78 is 11.3. The van der Waals surface area contributed by atoms with Crippen LogP contribution in [0.3, 0.4) is 0 Å². The van der Waals surface area contributed by atoms with E-state index in [-0.39, 0.29) is 12.1 Å². The zero-order valence-electron chi connectivity index (χ0n) is 21.0. The smallest absolute Gasteiger partial charge is 0.407 e. The highest BCUT2D eigenvalue weighted by Gasteiger charge is 2.23. The van der Waals surface area contributed by atoms with Crippen molar-refractivity contribution in [3.8, 4) is 5.75 Å². The van der Waals surface area contributed by atoms with E-state index in [1.165, 1.54) is 6.07 Å². The van der Waals surface area contributed by atoms with Gasteiger partial charge in [-0.2, -0.15) is 0 Å². The van der Waals surface area contributed by atoms with Crippen molar-refractivity contribution in [2.45, 2.75) is 58.5 Å². The Labute approximate surface area is 205 Å². The molecule has 8 nitrogen and oxygen atoms in total. The van der Waals surface area contributed by atoms with E-state index in [2.05, 4.69) is 15.6 Å². The quantitative estimate of drug-likeness (QED) is 0.367. The number of carbonyl (C=O) groups excluding carboxylic acids is 1. The van der Waals surface area contributed by atoms with Crippen molar-refractivity contribution in [2.75, 3.05) is 13.1 Å². The summed E-state index contributed by atoms with van der Waals surface area (Å²) in [5.41, 5.74) is 0.885. The zero-order valence-corrected chi connectivity index (χ0v) is 21.0. The molecule has 4 N–H and O–H groups in total. The number of fused-ring (bicyclic) bond motifs is 1. The Morgan fingerprint density at radius 2 is 1.74 bits per heavy atom. The van der Waals surface area contributed by atoms with E-state index >= 15 is 0 Å². The molecule has 3 rings (SSSR count). The summed E-state index contributed by atoms with van der Waals surface area (Å²) in [7, 11) is 0. The number of carbonyl (C=O) groups is 1. The van der Waals surface area contributed by atoms with Crippen LogP contribution < -0.4 is 20.9 Å². The molecule has 3 aromatic rings. The van der Waals surface area contributed by atoms with Gasteiger partial charge in [-0.15, -0.1) is 0 Å². The average molecular weight is 482 g/mol. The molecule has 0 bridgehead atoms. The number of benzene rings is 2. The minimum absolute atomic E-state index is 0.238. The largest absolute Gasteiger partial charge is 0.487 e. The lowest BCUT2D eigenvalue weighted by molar-refractivity contribution is 0.0511. The Balaban J connectivity index is 1.69. The second-order valence-electron chi connectivity index (χ2n) is 10.2. The molecular weight excluding hydrogens is 446 g/mol. The molecule has 0 aliphatic heterocycles. The van der Waals surface area contributed by atoms with Crippen molar-refractivity contribution < 1.29 is 19.4 Å². The van der Waals surface area contributed by atoms with Gasteiger partial charge in [-0.05, 0) is 57.9 Å². The lowest BCUT2D eigenvalue weighted by atomic mass is 10.0. The topological polar surface area (TPSA) is 113 Å². The van der Waals surface area contributed by atoms with E-state index in [0.717, 1.165) is 5.56 Å². The van der Waals surface area contributed by atoms with Crippen LogP contribution in [0.15, 0.2) is 59.4 Å². The van der Waals surface area contributed by atoms with Gasteiger partial charge in [0.05, 0.1) is 11.6 Å². The third-order valence-corrected chi connectivity index (χ3v) is 5.33. The third kappa shape index (κ3) is 7.83. The normalized spacial score (nSPS) is 12.9. The van der Waals surface area contributed by atoms with Gasteiger partial charge < -0.3 is 30.2 Å². The van der Waals surface area contributed by atoms with Crippen LogP contribution >= 0.6 is 0 Å². The number of H-pyrrole nitrogens is 1. The number of pyridine rings is 1. The minimum atomic E-state index is -0.854. The number of amides is 1. The molecule has 0 radical (unpaired) electrons. The molecule has 0 aliphatic rings. The van der Waals surface area contributed by atoms with Gasteiger partial charge in [-0.3, -0.25) is 4.79 Å². The van der Waals surface area contributed by atoms with E-state index in [0.29, 0.717) is 35.4 Å². The van der Waals surface area contributed by atoms with Crippen LogP contribution in [0, 0.1) is 0 Å². The number of aliphatic hydroxyl groups is 1. The van der Waals surface area contributed by atoms with Crippen LogP contribution in [0.25, 0.3) is 10.9 Å². The SMILES string of the molecule is CC(C)(CNC(=O)OC(C)(C)C)NCC(O)c1ccc(OCc2ccccc2)c2[nH]c(=O)ccc12. The van der Waals surface area contributed by atoms with Gasteiger partial charge in [0, 0.05) is 30.1 Å². The maximum atomic E-state index is 12.0. The highest BCUT2D eigenvalue weighted by atomic mass is 16.6. The molecule has 0 saturated carbocycles. The fraction of sp³-hybridized carbons (Fsp3) is 0.407. The molecule has 0 fully saturated rings. The number of hydrogen-bond donors (Lipinski definition) is 4. The molecule has 35 heavy (non-hydrogen) atoms. The van der Waals surface area contributed by atoms with Crippen molar-refractivity contribution in [3.63, 3.8) is 0 Å². The van der Waals surface area contributed by atoms with E-state index in [4.69, 9.17) is 9.47 Å². The first-order chi connectivity index (χ1) is 16.4. The van der Waals surface area contributed by atoms with Crippen LogP contribution in [0.4, 0.5) is 4.79 Å². The molecule has 188 valence electrons. The number of aromatic nitrogens is 1. The highest BCUT2D eigenvalue weighted by Crippen LogP contribution is 2.30. The van der Waals surface area contributed by atoms with Gasteiger partial charge in [-0.1, -0.05) is 36.4 Å². The molecular formula is C27H35N3O5. The third-order valence-electron chi connectivity index (χ3n) is 5.33. The van der Waals surface area contributed by atoms with Crippen molar-refractivity contribution >= 4 is 17.0 Å². The summed E-state index contributed by atoms with van der Waals surface area (Å²) in [5.74, 6) is 0.535. The van der Waals surface area contributed by atoms with Crippen LogP contribution in [0.1, 0.15) is 51.8 Å². The van der Waals surface area contributed by atoms with Gasteiger partial charge in [0.1, 0.15) is 18.0 Å². The molecule has 1 heterocycles. The highest BCUT2D eigenvalue weighted by molar-refractivity contribution is 5.87. The summed E-state index contributed by atoms with van der Waals surface area (Å²) in [5, 5.41) is 17.7. The molecule has 0 saturated heterocycles. The maximum absolute atomic E-state index is 12.0. The summed E-state index contributed by atoms with van der Waals surface area (Å²) >= 11 is 0. The number of aliphatic hydroxyl groups excluding tert-OH is 1. The average Bonchev–Trinajstić information content (AvgIpc) is 2.79. The zero-order chi connectivity index (χ0) is 25.6. The number of nitrogens with one attached hydrogen (secondary N) is 3. The second kappa shape index (κ2) is 10.9. The van der Waals surface area contributed by atoms with Gasteiger partial charge >= 0.3 is 6.09 Å². The van der Waals surface area contributed by atoms with E-state index < -0.39 is 23.3 Å². The predicted octanol–water partition coefficient (Wildman–Crippen LogP) is 4.03. The first kappa shape index (κ1) is 26.2. The lowest BCUT2D eigenvalue weighted by Crippen LogP contribution is -2.50. The molecule has 0 aliphatic carbocycles. The Bertz CT molecular complexity index is 1200. The van der Waals surface area contributed by atoms with Crippen molar-refractivity contribution in [1.82, 2.24) is 15.6 Å². The Kier molecular flexibility index (Phi) is 8.19. The minimum Gasteiger partial charge on any atom is -0.487 e. The molecule has 1 aromatic heterocycles. The van der Waals surface area contributed by atoms with Crippen LogP contribution in [0.5, 0.6) is 5.75 Å². The monoisotopic (exact) mass is 481 g/mol. The van der Waals surface area contributed by atoms with E-state index in [1.54, 1.807) is 18.2 Å². The molecule has 1 amide bonds. The Morgan fingerprint density at radius 3 is 2.43 bits per heavy atom. The summed E-state index contributed by atoms with van der Waals surface area (Å²) in [6.07, 6.45) is -1.35. The number of ether oxygens (including phenoxy) is 2. The fourth-order valence-corrected chi connectivity index (χ4v) is 3.55. The second-order valence-corrected chi connectivity index (χ2v) is 10.2. The van der Waals surface area contributed by atoms with Gasteiger partial charge in [0.2, 0.25) is 5.56 Å². The Morgan fingerprint density at radius 1 is 1.03 bits per heavy atom. The number of β-amino-alcohol motifs (C(OH)–C–C–N with tert-alkyl or cyclic N) is 1. The predicted molar refractivity (Wildman–Crippen MR) is 137 cm³/mol. The standard InChI is InChI=1S/C27H35N3O5/c1-26(2,3)35-25(33)28-17-27(4,5)29-15-21(31)19-11-13-22(24-20(19)12-14-23(32)30-24)34-16-18-9-7-6-8-10-18/h6-14,21,29,31H,15-17H2,1-5H3,(H,28,33)(H,30,32). The van der Waals surface area contributed by atoms with E-state index in [9.17, 15) is 14.7 Å². The van der Waals surface area contributed by atoms with Gasteiger partial charge in [0.15, 0.2) is 0 Å². The molecule has 8 heteroatoms. The van der Waals surface area contributed by atoms with Crippen LogP contribution in [-0.4, -0.2) is 40.4 Å². The summed E-state index contributed by atoms with van der Waals surface area (Å²) in [6, 6.07) is 16.4. The lowest BCUT2D eigenvalue weighted by Gasteiger charge is -2.29. The molecule has 0 spiro atoms. The molecule has 1 atom stereocenters. The first-order valence-corrected chi connectivity index (χ1v) is 11.7. The number of rotatable bonds is 9.